The normalized spacial score (nSPS) is 14.3. The second-order valence-electron chi connectivity index (χ2n) is 5.45. The summed E-state index contributed by atoms with van der Waals surface area (Å²) >= 11 is 0. The molecule has 0 rings (SSSR count). The van der Waals surface area contributed by atoms with Gasteiger partial charge in [-0.2, -0.15) is 0 Å². The van der Waals surface area contributed by atoms with Gasteiger partial charge in [-0.3, -0.25) is 10.1 Å². The van der Waals surface area contributed by atoms with Crippen LogP contribution < -0.4 is 5.32 Å². The summed E-state index contributed by atoms with van der Waals surface area (Å²) in [6, 6.07) is 0.205. The highest BCUT2D eigenvalue weighted by molar-refractivity contribution is 5.80. The Morgan fingerprint density at radius 2 is 1.75 bits per heavy atom. The molecule has 1 unspecified atom stereocenters. The third-order valence-electron chi connectivity index (χ3n) is 3.00. The quantitative estimate of drug-likeness (QED) is 0.440. The van der Waals surface area contributed by atoms with E-state index in [9.17, 15) is 4.79 Å². The minimum atomic E-state index is -0.702. The molecule has 1 N–H and O–H groups in total. The Hall–Kier alpha value is -0.650. The third-order valence-corrected chi connectivity index (χ3v) is 3.00. The fraction of sp³-hybridized carbons (Fsp3) is 0.933. The molecular formula is C15H31NO4. The van der Waals surface area contributed by atoms with Crippen molar-refractivity contribution >= 4 is 5.97 Å². The van der Waals surface area contributed by atoms with E-state index in [0.717, 1.165) is 19.4 Å². The van der Waals surface area contributed by atoms with E-state index in [2.05, 4.69) is 12.2 Å². The van der Waals surface area contributed by atoms with Crippen LogP contribution in [0.25, 0.3) is 0 Å². The number of rotatable bonds is 12. The van der Waals surface area contributed by atoms with Crippen molar-refractivity contribution in [1.82, 2.24) is 5.32 Å². The van der Waals surface area contributed by atoms with Crippen LogP contribution in [0.1, 0.15) is 47.0 Å². The maximum absolute atomic E-state index is 11.8. The van der Waals surface area contributed by atoms with Gasteiger partial charge in [0.1, 0.15) is 5.54 Å². The van der Waals surface area contributed by atoms with Gasteiger partial charge in [0.15, 0.2) is 0 Å². The summed E-state index contributed by atoms with van der Waals surface area (Å²) in [6.07, 6.45) is 2.80. The maximum atomic E-state index is 11.8. The van der Waals surface area contributed by atoms with E-state index in [1.54, 1.807) is 0 Å². The summed E-state index contributed by atoms with van der Waals surface area (Å²) in [6.45, 7) is 10.4. The second kappa shape index (κ2) is 11.1. The van der Waals surface area contributed by atoms with Crippen molar-refractivity contribution in [3.8, 4) is 0 Å². The fourth-order valence-corrected chi connectivity index (χ4v) is 1.94. The van der Waals surface area contributed by atoms with Crippen molar-refractivity contribution in [1.29, 1.82) is 0 Å². The van der Waals surface area contributed by atoms with Crippen LogP contribution in [0.3, 0.4) is 0 Å². The van der Waals surface area contributed by atoms with Crippen molar-refractivity contribution in [3.05, 3.63) is 0 Å². The van der Waals surface area contributed by atoms with Crippen LogP contribution in [-0.4, -0.2) is 51.1 Å². The standard InChI is InChI=1S/C15H31NO4/c1-6-7-9-19-11-12-20-10-8-15(4,14(17)18-5)16-13(2)3/h13,16H,6-12H2,1-5H3. The van der Waals surface area contributed by atoms with Crippen molar-refractivity contribution in [2.75, 3.05) is 33.5 Å². The van der Waals surface area contributed by atoms with Crippen LogP contribution in [0.2, 0.25) is 0 Å². The Balaban J connectivity index is 3.88. The molecule has 0 aromatic carbocycles. The van der Waals surface area contributed by atoms with Gasteiger partial charge < -0.3 is 14.2 Å². The van der Waals surface area contributed by atoms with Crippen LogP contribution in [0, 0.1) is 0 Å². The summed E-state index contributed by atoms with van der Waals surface area (Å²) in [5.41, 5.74) is -0.702. The lowest BCUT2D eigenvalue weighted by Gasteiger charge is -2.30. The molecule has 0 bridgehead atoms. The lowest BCUT2D eigenvalue weighted by atomic mass is 9.97. The molecule has 1 atom stereocenters. The molecule has 0 heterocycles. The van der Waals surface area contributed by atoms with Gasteiger partial charge in [-0.15, -0.1) is 0 Å². The molecule has 120 valence electrons. The molecule has 20 heavy (non-hydrogen) atoms. The zero-order chi connectivity index (χ0) is 15.4. The Kier molecular flexibility index (Phi) is 10.7. The Labute approximate surface area is 123 Å². The lowest BCUT2D eigenvalue weighted by molar-refractivity contribution is -0.149. The van der Waals surface area contributed by atoms with E-state index >= 15 is 0 Å². The number of carbonyl (C=O) groups excluding carboxylic acids is 1. The zero-order valence-electron chi connectivity index (χ0n) is 13.7. The monoisotopic (exact) mass is 289 g/mol. The first-order valence-electron chi connectivity index (χ1n) is 7.48. The molecule has 0 spiro atoms. The Morgan fingerprint density at radius 3 is 2.25 bits per heavy atom. The molecule has 0 fully saturated rings. The summed E-state index contributed by atoms with van der Waals surface area (Å²) in [5, 5.41) is 3.24. The Bertz CT molecular complexity index is 258. The highest BCUT2D eigenvalue weighted by Gasteiger charge is 2.34. The van der Waals surface area contributed by atoms with Crippen LogP contribution >= 0.6 is 0 Å². The first-order chi connectivity index (χ1) is 9.46. The summed E-state index contributed by atoms with van der Waals surface area (Å²) in [5.74, 6) is -0.256. The minimum absolute atomic E-state index is 0.205. The van der Waals surface area contributed by atoms with Crippen molar-refractivity contribution < 1.29 is 19.0 Å². The van der Waals surface area contributed by atoms with Crippen molar-refractivity contribution in [2.45, 2.75) is 58.5 Å². The molecule has 0 aromatic heterocycles. The van der Waals surface area contributed by atoms with Gasteiger partial charge in [0.25, 0.3) is 0 Å². The number of carbonyl (C=O) groups is 1. The summed E-state index contributed by atoms with van der Waals surface area (Å²) in [7, 11) is 1.41. The molecule has 0 amide bonds. The minimum Gasteiger partial charge on any atom is -0.468 e. The van der Waals surface area contributed by atoms with E-state index in [-0.39, 0.29) is 12.0 Å². The fourth-order valence-electron chi connectivity index (χ4n) is 1.94. The topological polar surface area (TPSA) is 56.8 Å². The molecule has 0 saturated carbocycles. The number of hydrogen-bond donors (Lipinski definition) is 1. The van der Waals surface area contributed by atoms with Crippen molar-refractivity contribution in [3.63, 3.8) is 0 Å². The van der Waals surface area contributed by atoms with Gasteiger partial charge >= 0.3 is 5.97 Å². The number of ether oxygens (including phenoxy) is 3. The predicted molar refractivity (Wildman–Crippen MR) is 79.9 cm³/mol. The van der Waals surface area contributed by atoms with Gasteiger partial charge in [0.05, 0.1) is 20.3 Å². The first-order valence-corrected chi connectivity index (χ1v) is 7.48. The number of nitrogens with one attached hydrogen (secondary N) is 1. The summed E-state index contributed by atoms with van der Waals surface area (Å²) < 4.78 is 15.8. The molecule has 0 aliphatic heterocycles. The molecule has 0 aliphatic carbocycles. The smallest absolute Gasteiger partial charge is 0.325 e. The van der Waals surface area contributed by atoms with Crippen LogP contribution in [-0.2, 0) is 19.0 Å². The largest absolute Gasteiger partial charge is 0.468 e. The van der Waals surface area contributed by atoms with Crippen LogP contribution in [0.15, 0.2) is 0 Å². The predicted octanol–water partition coefficient (Wildman–Crippen LogP) is 2.14. The molecule has 0 saturated heterocycles. The molecule has 5 heteroatoms. The number of esters is 1. The highest BCUT2D eigenvalue weighted by Crippen LogP contribution is 2.13. The molecule has 0 aliphatic rings. The van der Waals surface area contributed by atoms with Crippen LogP contribution in [0.4, 0.5) is 0 Å². The number of hydrogen-bond acceptors (Lipinski definition) is 5. The van der Waals surface area contributed by atoms with Gasteiger partial charge in [0, 0.05) is 19.3 Å². The molecule has 0 radical (unpaired) electrons. The molecular weight excluding hydrogens is 258 g/mol. The number of methoxy groups -OCH3 is 1. The zero-order valence-corrected chi connectivity index (χ0v) is 13.7. The SMILES string of the molecule is CCCCOCCOCCC(C)(NC(C)C)C(=O)OC. The summed E-state index contributed by atoms with van der Waals surface area (Å²) in [4.78, 5) is 11.8. The maximum Gasteiger partial charge on any atom is 0.325 e. The van der Waals surface area contributed by atoms with Crippen LogP contribution in [0.5, 0.6) is 0 Å². The molecule has 0 aromatic rings. The van der Waals surface area contributed by atoms with E-state index in [1.165, 1.54) is 7.11 Å². The van der Waals surface area contributed by atoms with E-state index in [0.29, 0.717) is 26.2 Å². The van der Waals surface area contributed by atoms with E-state index < -0.39 is 5.54 Å². The number of unbranched alkanes of at least 4 members (excludes halogenated alkanes) is 1. The average Bonchev–Trinajstić information content (AvgIpc) is 2.40. The van der Waals surface area contributed by atoms with Gasteiger partial charge in [0.2, 0.25) is 0 Å². The third kappa shape index (κ3) is 8.51. The van der Waals surface area contributed by atoms with Gasteiger partial charge in [-0.25, -0.2) is 0 Å². The van der Waals surface area contributed by atoms with E-state index in [4.69, 9.17) is 14.2 Å². The Morgan fingerprint density at radius 1 is 1.15 bits per heavy atom. The van der Waals surface area contributed by atoms with Crippen molar-refractivity contribution in [2.24, 2.45) is 0 Å². The first kappa shape index (κ1) is 19.4. The highest BCUT2D eigenvalue weighted by atomic mass is 16.5. The van der Waals surface area contributed by atoms with Gasteiger partial charge in [-0.1, -0.05) is 13.3 Å². The second-order valence-corrected chi connectivity index (χ2v) is 5.45. The van der Waals surface area contributed by atoms with E-state index in [1.807, 2.05) is 20.8 Å². The molecule has 5 nitrogen and oxygen atoms in total. The average molecular weight is 289 g/mol. The lowest BCUT2D eigenvalue weighted by Crippen LogP contribution is -2.53. The van der Waals surface area contributed by atoms with Gasteiger partial charge in [-0.05, 0) is 33.6 Å².